The SMILES string of the molecule is CCCCCCC1=Nc2cccnc2N(C(=O)c2cccnc2)N1.Cl.Cl. The van der Waals surface area contributed by atoms with Gasteiger partial charge in [-0.05, 0) is 30.7 Å². The predicted molar refractivity (Wildman–Crippen MR) is 109 cm³/mol. The van der Waals surface area contributed by atoms with Gasteiger partial charge >= 0.3 is 0 Å². The molecule has 1 amide bonds. The Morgan fingerprint density at radius 3 is 2.65 bits per heavy atom. The molecule has 0 spiro atoms. The molecule has 8 heteroatoms. The molecule has 6 nitrogen and oxygen atoms in total. The zero-order chi connectivity index (χ0) is 16.8. The number of aliphatic imine (C=N–C) groups is 1. The molecule has 0 unspecified atom stereocenters. The van der Waals surface area contributed by atoms with E-state index in [2.05, 4.69) is 27.3 Å². The molecule has 0 bridgehead atoms. The third-order valence-electron chi connectivity index (χ3n) is 3.85. The fourth-order valence-electron chi connectivity index (χ4n) is 2.60. The van der Waals surface area contributed by atoms with Crippen molar-refractivity contribution >= 4 is 48.1 Å². The first-order valence-corrected chi connectivity index (χ1v) is 8.33. The fraction of sp³-hybridized carbons (Fsp3) is 0.333. The summed E-state index contributed by atoms with van der Waals surface area (Å²) in [7, 11) is 0. The van der Waals surface area contributed by atoms with Crippen LogP contribution in [-0.2, 0) is 0 Å². The smallest absolute Gasteiger partial charge is 0.276 e. The van der Waals surface area contributed by atoms with E-state index in [0.717, 1.165) is 25.1 Å². The molecule has 140 valence electrons. The lowest BCUT2D eigenvalue weighted by Gasteiger charge is -2.28. The summed E-state index contributed by atoms with van der Waals surface area (Å²) in [6.07, 6.45) is 10.3. The van der Waals surface area contributed by atoms with Crippen molar-refractivity contribution in [3.63, 3.8) is 0 Å². The summed E-state index contributed by atoms with van der Waals surface area (Å²) < 4.78 is 0. The van der Waals surface area contributed by atoms with Crippen LogP contribution in [0.2, 0.25) is 0 Å². The number of anilines is 1. The van der Waals surface area contributed by atoms with Gasteiger partial charge in [0.2, 0.25) is 0 Å². The quantitative estimate of drug-likeness (QED) is 0.731. The second kappa shape index (κ2) is 10.7. The predicted octanol–water partition coefficient (Wildman–Crippen LogP) is 4.49. The average molecular weight is 396 g/mol. The summed E-state index contributed by atoms with van der Waals surface area (Å²) in [5.41, 5.74) is 4.34. The second-order valence-electron chi connectivity index (χ2n) is 5.71. The van der Waals surface area contributed by atoms with Crippen molar-refractivity contribution < 1.29 is 4.79 Å². The number of rotatable bonds is 6. The van der Waals surface area contributed by atoms with E-state index < -0.39 is 0 Å². The lowest BCUT2D eigenvalue weighted by atomic mass is 10.1. The molecule has 1 aliphatic rings. The molecule has 0 fully saturated rings. The lowest BCUT2D eigenvalue weighted by Crippen LogP contribution is -2.48. The number of unbranched alkanes of at least 4 members (excludes halogenated alkanes) is 3. The van der Waals surface area contributed by atoms with Crippen LogP contribution in [0.4, 0.5) is 11.5 Å². The van der Waals surface area contributed by atoms with Crippen molar-refractivity contribution in [2.45, 2.75) is 39.0 Å². The average Bonchev–Trinajstić information content (AvgIpc) is 2.65. The lowest BCUT2D eigenvalue weighted by molar-refractivity contribution is 0.0979. The standard InChI is InChI=1S/C18H21N5O.2ClH/c1-2-3-4-5-10-16-21-15-9-7-12-20-17(15)23(22-16)18(24)14-8-6-11-19-13-14;;/h6-9,11-13H,2-5,10H2,1H3,(H,21,22);2*1H. The maximum atomic E-state index is 12.8. The zero-order valence-electron chi connectivity index (χ0n) is 14.6. The number of hydrogen-bond donors (Lipinski definition) is 1. The minimum absolute atomic E-state index is 0. The largest absolute Gasteiger partial charge is 0.280 e. The number of carbonyl (C=O) groups excluding carboxylic acids is 1. The number of nitrogens with zero attached hydrogens (tertiary/aromatic N) is 4. The zero-order valence-corrected chi connectivity index (χ0v) is 16.2. The maximum absolute atomic E-state index is 12.8. The Balaban J connectivity index is 0.00000169. The first kappa shape index (κ1) is 21.9. The van der Waals surface area contributed by atoms with Crippen LogP contribution in [0, 0.1) is 0 Å². The van der Waals surface area contributed by atoms with Crippen molar-refractivity contribution in [2.75, 3.05) is 5.01 Å². The Morgan fingerprint density at radius 1 is 1.12 bits per heavy atom. The summed E-state index contributed by atoms with van der Waals surface area (Å²) in [6.45, 7) is 2.19. The number of aromatic nitrogens is 2. The Hall–Kier alpha value is -2.18. The first-order chi connectivity index (χ1) is 11.8. The van der Waals surface area contributed by atoms with E-state index in [1.807, 2.05) is 12.1 Å². The van der Waals surface area contributed by atoms with Crippen molar-refractivity contribution in [1.29, 1.82) is 0 Å². The van der Waals surface area contributed by atoms with Crippen LogP contribution in [0.25, 0.3) is 0 Å². The molecular weight excluding hydrogens is 373 g/mol. The monoisotopic (exact) mass is 395 g/mol. The number of pyridine rings is 2. The van der Waals surface area contributed by atoms with E-state index in [1.165, 1.54) is 17.9 Å². The van der Waals surface area contributed by atoms with Gasteiger partial charge in [-0.2, -0.15) is 5.01 Å². The number of nitrogens with one attached hydrogen (secondary N) is 1. The Kier molecular flexibility index (Phi) is 9.02. The number of amidine groups is 1. The molecule has 2 aromatic heterocycles. The molecule has 0 atom stereocenters. The van der Waals surface area contributed by atoms with Gasteiger partial charge in [-0.3, -0.25) is 15.2 Å². The number of halogens is 2. The summed E-state index contributed by atoms with van der Waals surface area (Å²) in [5, 5.41) is 1.47. The minimum Gasteiger partial charge on any atom is -0.276 e. The number of hydrogen-bond acceptors (Lipinski definition) is 5. The second-order valence-corrected chi connectivity index (χ2v) is 5.71. The molecule has 2 aromatic rings. The normalized spacial score (nSPS) is 12.0. The highest BCUT2D eigenvalue weighted by Crippen LogP contribution is 2.29. The highest BCUT2D eigenvalue weighted by molar-refractivity contribution is 6.10. The molecule has 3 heterocycles. The molecule has 0 saturated carbocycles. The minimum atomic E-state index is -0.191. The van der Waals surface area contributed by atoms with Gasteiger partial charge in [0, 0.05) is 25.0 Å². The molecular formula is C18H23Cl2N5O. The van der Waals surface area contributed by atoms with Crippen LogP contribution in [0.5, 0.6) is 0 Å². The fourth-order valence-corrected chi connectivity index (χ4v) is 2.60. The maximum Gasteiger partial charge on any atom is 0.280 e. The molecule has 0 saturated heterocycles. The van der Waals surface area contributed by atoms with E-state index in [0.29, 0.717) is 17.1 Å². The third kappa shape index (κ3) is 5.16. The van der Waals surface area contributed by atoms with E-state index in [1.54, 1.807) is 30.7 Å². The van der Waals surface area contributed by atoms with Gasteiger partial charge in [-0.25, -0.2) is 9.98 Å². The molecule has 3 rings (SSSR count). The van der Waals surface area contributed by atoms with E-state index in [4.69, 9.17) is 0 Å². The van der Waals surface area contributed by atoms with Crippen molar-refractivity contribution in [3.05, 3.63) is 48.4 Å². The number of amides is 1. The van der Waals surface area contributed by atoms with Crippen LogP contribution in [0.3, 0.4) is 0 Å². The molecule has 1 aliphatic heterocycles. The van der Waals surface area contributed by atoms with Crippen molar-refractivity contribution in [2.24, 2.45) is 4.99 Å². The highest BCUT2D eigenvalue weighted by atomic mass is 35.5. The van der Waals surface area contributed by atoms with Crippen LogP contribution in [0.15, 0.2) is 47.8 Å². The van der Waals surface area contributed by atoms with Crippen LogP contribution in [0.1, 0.15) is 49.4 Å². The van der Waals surface area contributed by atoms with E-state index in [-0.39, 0.29) is 30.7 Å². The van der Waals surface area contributed by atoms with Gasteiger partial charge in [-0.1, -0.05) is 26.2 Å². The number of carbonyl (C=O) groups is 1. The van der Waals surface area contributed by atoms with Gasteiger partial charge in [0.05, 0.1) is 5.56 Å². The third-order valence-corrected chi connectivity index (χ3v) is 3.85. The van der Waals surface area contributed by atoms with Crippen LogP contribution in [-0.4, -0.2) is 21.7 Å². The Labute approximate surface area is 165 Å². The van der Waals surface area contributed by atoms with E-state index in [9.17, 15) is 4.79 Å². The van der Waals surface area contributed by atoms with Gasteiger partial charge in [0.1, 0.15) is 11.5 Å². The molecule has 0 aromatic carbocycles. The van der Waals surface area contributed by atoms with Gasteiger partial charge in [0.25, 0.3) is 5.91 Å². The van der Waals surface area contributed by atoms with Crippen molar-refractivity contribution in [3.8, 4) is 0 Å². The molecule has 26 heavy (non-hydrogen) atoms. The summed E-state index contributed by atoms with van der Waals surface area (Å²) in [5.74, 6) is 1.12. The van der Waals surface area contributed by atoms with Gasteiger partial charge in [-0.15, -0.1) is 24.8 Å². The number of hydrazine groups is 1. The molecule has 0 aliphatic carbocycles. The van der Waals surface area contributed by atoms with Crippen LogP contribution < -0.4 is 10.4 Å². The highest BCUT2D eigenvalue weighted by Gasteiger charge is 2.26. The van der Waals surface area contributed by atoms with Gasteiger partial charge in [0.15, 0.2) is 5.82 Å². The summed E-state index contributed by atoms with van der Waals surface area (Å²) in [6, 6.07) is 7.19. The first-order valence-electron chi connectivity index (χ1n) is 8.33. The Morgan fingerprint density at radius 2 is 1.92 bits per heavy atom. The van der Waals surface area contributed by atoms with E-state index >= 15 is 0 Å². The molecule has 1 N–H and O–H groups in total. The Bertz CT molecular complexity index is 739. The van der Waals surface area contributed by atoms with Gasteiger partial charge < -0.3 is 0 Å². The molecule has 0 radical (unpaired) electrons. The summed E-state index contributed by atoms with van der Waals surface area (Å²) >= 11 is 0. The number of fused-ring (bicyclic) bond motifs is 1. The summed E-state index contributed by atoms with van der Waals surface area (Å²) in [4.78, 5) is 25.7. The van der Waals surface area contributed by atoms with Crippen molar-refractivity contribution in [1.82, 2.24) is 15.4 Å². The van der Waals surface area contributed by atoms with Crippen LogP contribution >= 0.6 is 24.8 Å². The topological polar surface area (TPSA) is 70.5 Å².